The molecule has 0 radical (unpaired) electrons. The first-order valence-electron chi connectivity index (χ1n) is 8.33. The molecule has 0 aliphatic heterocycles. The van der Waals surface area contributed by atoms with Gasteiger partial charge in [-0.3, -0.25) is 9.89 Å². The first-order valence-corrected chi connectivity index (χ1v) is 8.33. The minimum absolute atomic E-state index is 0.168. The Morgan fingerprint density at radius 1 is 1.04 bits per heavy atom. The van der Waals surface area contributed by atoms with Crippen LogP contribution in [0.3, 0.4) is 0 Å². The van der Waals surface area contributed by atoms with E-state index in [-0.39, 0.29) is 5.43 Å². The SMILES string of the molecule is CC.COc1cc(OC)c2c(=O)cc(-c3ccc4[nH]ncc4c3)oc2c1. The summed E-state index contributed by atoms with van der Waals surface area (Å²) in [5, 5.41) is 8.23. The number of nitrogens with one attached hydrogen (secondary N) is 1. The standard InChI is InChI=1S/C18H14N2O4.C2H6/c1-22-12-6-16(23-2)18-14(21)8-15(24-17(18)7-12)10-3-4-13-11(5-10)9-19-20-13;1-2/h3-9H,1-2H3,(H,19,20);1-2H3. The lowest BCUT2D eigenvalue weighted by Gasteiger charge is -2.09. The minimum Gasteiger partial charge on any atom is -0.496 e. The third kappa shape index (κ3) is 3.01. The molecule has 6 heteroatoms. The van der Waals surface area contributed by atoms with E-state index in [4.69, 9.17) is 13.9 Å². The maximum absolute atomic E-state index is 12.6. The molecule has 0 saturated carbocycles. The molecule has 26 heavy (non-hydrogen) atoms. The molecule has 0 amide bonds. The van der Waals surface area contributed by atoms with E-state index < -0.39 is 0 Å². The Bertz CT molecular complexity index is 1110. The number of H-pyrrole nitrogens is 1. The van der Waals surface area contributed by atoms with Crippen LogP contribution in [0.25, 0.3) is 33.2 Å². The van der Waals surface area contributed by atoms with E-state index in [1.54, 1.807) is 25.4 Å². The Balaban J connectivity index is 0.000000948. The molecule has 0 bridgehead atoms. The highest BCUT2D eigenvalue weighted by molar-refractivity contribution is 5.88. The van der Waals surface area contributed by atoms with Crippen molar-refractivity contribution in [2.45, 2.75) is 13.8 Å². The molecule has 4 rings (SSSR count). The average Bonchev–Trinajstić information content (AvgIpc) is 3.16. The van der Waals surface area contributed by atoms with Crippen molar-refractivity contribution in [1.29, 1.82) is 0 Å². The summed E-state index contributed by atoms with van der Waals surface area (Å²) in [6.07, 6.45) is 1.73. The van der Waals surface area contributed by atoms with Crippen molar-refractivity contribution in [3.8, 4) is 22.8 Å². The van der Waals surface area contributed by atoms with Gasteiger partial charge in [0.25, 0.3) is 0 Å². The van der Waals surface area contributed by atoms with E-state index in [1.165, 1.54) is 13.2 Å². The Kier molecular flexibility index (Phi) is 4.93. The highest BCUT2D eigenvalue weighted by Gasteiger charge is 2.14. The largest absolute Gasteiger partial charge is 0.496 e. The van der Waals surface area contributed by atoms with Crippen LogP contribution in [0.4, 0.5) is 0 Å². The van der Waals surface area contributed by atoms with Crippen LogP contribution in [0.5, 0.6) is 11.5 Å². The average molecular weight is 352 g/mol. The highest BCUT2D eigenvalue weighted by Crippen LogP contribution is 2.32. The molecule has 2 aromatic carbocycles. The van der Waals surface area contributed by atoms with Crippen LogP contribution in [-0.4, -0.2) is 24.4 Å². The van der Waals surface area contributed by atoms with E-state index in [2.05, 4.69) is 10.2 Å². The van der Waals surface area contributed by atoms with Gasteiger partial charge in [-0.25, -0.2) is 0 Å². The number of nitrogens with zero attached hydrogens (tertiary/aromatic N) is 1. The van der Waals surface area contributed by atoms with Gasteiger partial charge in [0, 0.05) is 29.1 Å². The predicted molar refractivity (Wildman–Crippen MR) is 102 cm³/mol. The van der Waals surface area contributed by atoms with Gasteiger partial charge in [0.2, 0.25) is 0 Å². The lowest BCUT2D eigenvalue weighted by Crippen LogP contribution is -2.03. The number of rotatable bonds is 3. The lowest BCUT2D eigenvalue weighted by atomic mass is 10.1. The third-order valence-electron chi connectivity index (χ3n) is 3.95. The van der Waals surface area contributed by atoms with Gasteiger partial charge in [-0.15, -0.1) is 0 Å². The molecule has 1 N–H and O–H groups in total. The normalized spacial score (nSPS) is 10.5. The molecule has 2 aromatic heterocycles. The van der Waals surface area contributed by atoms with Gasteiger partial charge in [-0.05, 0) is 18.2 Å². The van der Waals surface area contributed by atoms with Crippen LogP contribution < -0.4 is 14.9 Å². The van der Waals surface area contributed by atoms with Gasteiger partial charge in [-0.2, -0.15) is 5.10 Å². The molecule has 0 saturated heterocycles. The van der Waals surface area contributed by atoms with Crippen molar-refractivity contribution in [3.05, 3.63) is 52.8 Å². The molecule has 134 valence electrons. The van der Waals surface area contributed by atoms with Gasteiger partial charge >= 0.3 is 0 Å². The topological polar surface area (TPSA) is 77.4 Å². The van der Waals surface area contributed by atoms with Crippen LogP contribution >= 0.6 is 0 Å². The molecule has 0 aliphatic carbocycles. The first-order chi connectivity index (χ1) is 12.7. The van der Waals surface area contributed by atoms with Gasteiger partial charge in [-0.1, -0.05) is 13.8 Å². The Morgan fingerprint density at radius 2 is 1.85 bits per heavy atom. The summed E-state index contributed by atoms with van der Waals surface area (Å²) in [5.74, 6) is 1.46. The molecular formula is C20H20N2O4. The number of benzene rings is 2. The summed E-state index contributed by atoms with van der Waals surface area (Å²) in [6, 6.07) is 10.5. The molecule has 0 unspecified atom stereocenters. The van der Waals surface area contributed by atoms with Crippen LogP contribution in [0.2, 0.25) is 0 Å². The number of aromatic nitrogens is 2. The van der Waals surface area contributed by atoms with Crippen LogP contribution in [0, 0.1) is 0 Å². The van der Waals surface area contributed by atoms with E-state index in [1.807, 2.05) is 32.0 Å². The van der Waals surface area contributed by atoms with Gasteiger partial charge in [0.05, 0.1) is 25.9 Å². The summed E-state index contributed by atoms with van der Waals surface area (Å²) in [6.45, 7) is 4.00. The summed E-state index contributed by atoms with van der Waals surface area (Å²) in [4.78, 5) is 12.6. The molecule has 4 aromatic rings. The molecular weight excluding hydrogens is 332 g/mol. The van der Waals surface area contributed by atoms with E-state index in [0.29, 0.717) is 28.2 Å². The third-order valence-corrected chi connectivity index (χ3v) is 3.95. The number of methoxy groups -OCH3 is 2. The molecule has 0 aliphatic rings. The van der Waals surface area contributed by atoms with Crippen molar-refractivity contribution >= 4 is 21.9 Å². The van der Waals surface area contributed by atoms with Crippen molar-refractivity contribution in [1.82, 2.24) is 10.2 Å². The fourth-order valence-corrected chi connectivity index (χ4v) is 2.75. The minimum atomic E-state index is -0.168. The predicted octanol–water partition coefficient (Wildman–Crippen LogP) is 4.38. The summed E-state index contributed by atoms with van der Waals surface area (Å²) < 4.78 is 16.5. The van der Waals surface area contributed by atoms with Crippen molar-refractivity contribution in [2.75, 3.05) is 14.2 Å². The summed E-state index contributed by atoms with van der Waals surface area (Å²) >= 11 is 0. The van der Waals surface area contributed by atoms with E-state index >= 15 is 0 Å². The number of aromatic amines is 1. The molecule has 2 heterocycles. The smallest absolute Gasteiger partial charge is 0.197 e. The number of ether oxygens (including phenoxy) is 2. The summed E-state index contributed by atoms with van der Waals surface area (Å²) in [5.41, 5.74) is 1.97. The van der Waals surface area contributed by atoms with Crippen molar-refractivity contribution in [2.24, 2.45) is 0 Å². The molecule has 0 atom stereocenters. The number of hydrogen-bond acceptors (Lipinski definition) is 5. The van der Waals surface area contributed by atoms with Gasteiger partial charge in [0.1, 0.15) is 28.2 Å². The Hall–Kier alpha value is -3.28. The van der Waals surface area contributed by atoms with Crippen LogP contribution in [0.15, 0.2) is 51.8 Å². The fourth-order valence-electron chi connectivity index (χ4n) is 2.75. The van der Waals surface area contributed by atoms with Gasteiger partial charge in [0.15, 0.2) is 5.43 Å². The number of fused-ring (bicyclic) bond motifs is 2. The molecule has 6 nitrogen and oxygen atoms in total. The fraction of sp³-hybridized carbons (Fsp3) is 0.200. The quantitative estimate of drug-likeness (QED) is 0.592. The second kappa shape index (κ2) is 7.31. The first kappa shape index (κ1) is 17.5. The zero-order valence-corrected chi connectivity index (χ0v) is 15.1. The molecule has 0 spiro atoms. The summed E-state index contributed by atoms with van der Waals surface area (Å²) in [7, 11) is 3.06. The van der Waals surface area contributed by atoms with Crippen LogP contribution in [-0.2, 0) is 0 Å². The Labute approximate surface area is 150 Å². The maximum atomic E-state index is 12.6. The second-order valence-corrected chi connectivity index (χ2v) is 5.35. The van der Waals surface area contributed by atoms with Crippen molar-refractivity contribution < 1.29 is 13.9 Å². The van der Waals surface area contributed by atoms with Crippen LogP contribution in [0.1, 0.15) is 13.8 Å². The number of hydrogen-bond donors (Lipinski definition) is 1. The van der Waals surface area contributed by atoms with E-state index in [9.17, 15) is 4.79 Å². The molecule has 0 fully saturated rings. The highest BCUT2D eigenvalue weighted by atomic mass is 16.5. The van der Waals surface area contributed by atoms with E-state index in [0.717, 1.165) is 16.5 Å². The Morgan fingerprint density at radius 3 is 2.58 bits per heavy atom. The zero-order valence-electron chi connectivity index (χ0n) is 15.1. The monoisotopic (exact) mass is 352 g/mol. The van der Waals surface area contributed by atoms with Gasteiger partial charge < -0.3 is 13.9 Å². The maximum Gasteiger partial charge on any atom is 0.197 e. The lowest BCUT2D eigenvalue weighted by molar-refractivity contribution is 0.396. The zero-order chi connectivity index (χ0) is 18.7. The van der Waals surface area contributed by atoms with Crippen molar-refractivity contribution in [3.63, 3.8) is 0 Å². The second-order valence-electron chi connectivity index (χ2n) is 5.35.